The van der Waals surface area contributed by atoms with Gasteiger partial charge in [0.05, 0.1) is 6.04 Å². The van der Waals surface area contributed by atoms with Crippen molar-refractivity contribution in [1.82, 2.24) is 10.2 Å². The molecule has 4 heteroatoms. The predicted octanol–water partition coefficient (Wildman–Crippen LogP) is 3.95. The Kier molecular flexibility index (Phi) is 4.79. The van der Waals surface area contributed by atoms with E-state index in [9.17, 15) is 4.79 Å². The molecule has 0 bridgehead atoms. The standard InChI is InChI=1S/C17H28N2OS/c1-7-11(2)14-16(20)19(10-17(4,5)6)15(18-14)13-9-8-12(3)21-13/h8-9,11,14-15,18H,7,10H2,1-6H3. The second-order valence-electron chi connectivity index (χ2n) is 7.41. The first-order chi connectivity index (χ1) is 9.73. The zero-order chi connectivity index (χ0) is 15.8. The van der Waals surface area contributed by atoms with Crippen LogP contribution in [0, 0.1) is 18.3 Å². The fraction of sp³-hybridized carbons (Fsp3) is 0.706. The van der Waals surface area contributed by atoms with Crippen LogP contribution < -0.4 is 5.32 Å². The first-order valence-corrected chi connectivity index (χ1v) is 8.67. The smallest absolute Gasteiger partial charge is 0.241 e. The van der Waals surface area contributed by atoms with Gasteiger partial charge in [-0.25, -0.2) is 0 Å². The van der Waals surface area contributed by atoms with E-state index < -0.39 is 0 Å². The number of thiophene rings is 1. The monoisotopic (exact) mass is 308 g/mol. The van der Waals surface area contributed by atoms with Gasteiger partial charge in [-0.05, 0) is 30.4 Å². The number of carbonyl (C=O) groups excluding carboxylic acids is 1. The molecule has 0 spiro atoms. The topological polar surface area (TPSA) is 32.3 Å². The summed E-state index contributed by atoms with van der Waals surface area (Å²) in [6.45, 7) is 13.8. The number of nitrogens with one attached hydrogen (secondary N) is 1. The van der Waals surface area contributed by atoms with E-state index in [1.54, 1.807) is 11.3 Å². The first-order valence-electron chi connectivity index (χ1n) is 7.86. The molecule has 1 aliphatic heterocycles. The van der Waals surface area contributed by atoms with Crippen LogP contribution in [0.2, 0.25) is 0 Å². The van der Waals surface area contributed by atoms with Crippen LogP contribution in [0.5, 0.6) is 0 Å². The minimum Gasteiger partial charge on any atom is -0.320 e. The molecule has 3 atom stereocenters. The third-order valence-electron chi connectivity index (χ3n) is 4.09. The van der Waals surface area contributed by atoms with E-state index in [4.69, 9.17) is 0 Å². The molecule has 3 nitrogen and oxygen atoms in total. The number of amides is 1. The van der Waals surface area contributed by atoms with Gasteiger partial charge in [0.15, 0.2) is 0 Å². The van der Waals surface area contributed by atoms with E-state index in [-0.39, 0.29) is 23.5 Å². The van der Waals surface area contributed by atoms with Crippen molar-refractivity contribution >= 4 is 17.2 Å². The first kappa shape index (κ1) is 16.5. The van der Waals surface area contributed by atoms with Crippen molar-refractivity contribution in [1.29, 1.82) is 0 Å². The molecule has 1 saturated heterocycles. The second kappa shape index (κ2) is 6.09. The number of nitrogens with zero attached hydrogens (tertiary/aromatic N) is 1. The van der Waals surface area contributed by atoms with Gasteiger partial charge in [-0.1, -0.05) is 41.0 Å². The minimum atomic E-state index is -0.0512. The van der Waals surface area contributed by atoms with Crippen LogP contribution in [0.1, 0.15) is 57.0 Å². The highest BCUT2D eigenvalue weighted by Crippen LogP contribution is 2.34. The lowest BCUT2D eigenvalue weighted by Gasteiger charge is -2.30. The van der Waals surface area contributed by atoms with Gasteiger partial charge in [-0.2, -0.15) is 0 Å². The maximum absolute atomic E-state index is 12.8. The molecule has 2 rings (SSSR count). The van der Waals surface area contributed by atoms with Gasteiger partial charge in [0.2, 0.25) is 5.91 Å². The second-order valence-corrected chi connectivity index (χ2v) is 8.73. The Balaban J connectivity index is 2.29. The maximum atomic E-state index is 12.8. The molecular formula is C17H28N2OS. The van der Waals surface area contributed by atoms with Crippen LogP contribution >= 0.6 is 11.3 Å². The molecule has 118 valence electrons. The molecule has 1 aromatic rings. The van der Waals surface area contributed by atoms with E-state index >= 15 is 0 Å². The van der Waals surface area contributed by atoms with Gasteiger partial charge in [-0.3, -0.25) is 10.1 Å². The van der Waals surface area contributed by atoms with Crippen molar-refractivity contribution in [2.45, 2.75) is 60.2 Å². The summed E-state index contributed by atoms with van der Waals surface area (Å²) in [5, 5.41) is 3.58. The molecule has 3 unspecified atom stereocenters. The van der Waals surface area contributed by atoms with Gasteiger partial charge in [0, 0.05) is 16.3 Å². The third kappa shape index (κ3) is 3.67. The highest BCUT2D eigenvalue weighted by Gasteiger charge is 2.43. The Labute approximate surface area is 132 Å². The van der Waals surface area contributed by atoms with E-state index in [1.165, 1.54) is 9.75 Å². The number of hydrogen-bond donors (Lipinski definition) is 1. The third-order valence-corrected chi connectivity index (χ3v) is 5.14. The van der Waals surface area contributed by atoms with Crippen LogP contribution in [0.15, 0.2) is 12.1 Å². The van der Waals surface area contributed by atoms with Crippen LogP contribution in [-0.4, -0.2) is 23.4 Å². The van der Waals surface area contributed by atoms with Crippen molar-refractivity contribution in [2.24, 2.45) is 11.3 Å². The molecule has 1 fully saturated rings. The molecule has 1 N–H and O–H groups in total. The number of hydrogen-bond acceptors (Lipinski definition) is 3. The molecule has 1 aliphatic rings. The lowest BCUT2D eigenvalue weighted by atomic mass is 9.95. The highest BCUT2D eigenvalue weighted by atomic mass is 32.1. The van der Waals surface area contributed by atoms with Gasteiger partial charge >= 0.3 is 0 Å². The average Bonchev–Trinajstić information content (AvgIpc) is 2.93. The van der Waals surface area contributed by atoms with Gasteiger partial charge in [0.1, 0.15) is 6.17 Å². The van der Waals surface area contributed by atoms with E-state index in [0.717, 1.165) is 13.0 Å². The van der Waals surface area contributed by atoms with Crippen LogP contribution in [0.3, 0.4) is 0 Å². The summed E-state index contributed by atoms with van der Waals surface area (Å²) in [5.41, 5.74) is 0.103. The van der Waals surface area contributed by atoms with Gasteiger partial charge < -0.3 is 4.90 Å². The summed E-state index contributed by atoms with van der Waals surface area (Å²) in [6, 6.07) is 4.24. The number of aryl methyl sites for hydroxylation is 1. The van der Waals surface area contributed by atoms with Crippen LogP contribution in [0.4, 0.5) is 0 Å². The van der Waals surface area contributed by atoms with E-state index in [0.29, 0.717) is 5.92 Å². The summed E-state index contributed by atoms with van der Waals surface area (Å²) in [5.74, 6) is 0.626. The molecule has 0 radical (unpaired) electrons. The maximum Gasteiger partial charge on any atom is 0.241 e. The molecular weight excluding hydrogens is 280 g/mol. The molecule has 21 heavy (non-hydrogen) atoms. The summed E-state index contributed by atoms with van der Waals surface area (Å²) in [4.78, 5) is 17.4. The molecule has 2 heterocycles. The van der Waals surface area contributed by atoms with Crippen LogP contribution in [-0.2, 0) is 4.79 Å². The average molecular weight is 308 g/mol. The summed E-state index contributed by atoms with van der Waals surface area (Å²) >= 11 is 1.78. The van der Waals surface area contributed by atoms with Crippen molar-refractivity contribution < 1.29 is 4.79 Å². The molecule has 0 saturated carbocycles. The van der Waals surface area contributed by atoms with Crippen molar-refractivity contribution in [3.63, 3.8) is 0 Å². The summed E-state index contributed by atoms with van der Waals surface area (Å²) in [6.07, 6.45) is 1.05. The minimum absolute atomic E-state index is 0.0365. The quantitative estimate of drug-likeness (QED) is 0.913. The largest absolute Gasteiger partial charge is 0.320 e. The van der Waals surface area contributed by atoms with Gasteiger partial charge in [0.25, 0.3) is 0 Å². The lowest BCUT2D eigenvalue weighted by Crippen LogP contribution is -2.38. The molecule has 0 aliphatic carbocycles. The Morgan fingerprint density at radius 2 is 2.05 bits per heavy atom. The fourth-order valence-electron chi connectivity index (χ4n) is 2.80. The molecule has 1 aromatic heterocycles. The van der Waals surface area contributed by atoms with Crippen LogP contribution in [0.25, 0.3) is 0 Å². The molecule has 1 amide bonds. The summed E-state index contributed by atoms with van der Waals surface area (Å²) < 4.78 is 0. The zero-order valence-electron chi connectivity index (χ0n) is 14.1. The van der Waals surface area contributed by atoms with E-state index in [2.05, 4.69) is 59.0 Å². The predicted molar refractivity (Wildman–Crippen MR) is 89.3 cm³/mol. The summed E-state index contributed by atoms with van der Waals surface area (Å²) in [7, 11) is 0. The lowest BCUT2D eigenvalue weighted by molar-refractivity contribution is -0.132. The number of rotatable bonds is 4. The normalized spacial score (nSPS) is 24.7. The Morgan fingerprint density at radius 3 is 2.52 bits per heavy atom. The SMILES string of the molecule is CCC(C)C1NC(c2ccc(C)s2)N(CC(C)(C)C)C1=O. The van der Waals surface area contributed by atoms with E-state index in [1.807, 2.05) is 4.90 Å². The van der Waals surface area contributed by atoms with Crippen molar-refractivity contribution in [3.8, 4) is 0 Å². The Hall–Kier alpha value is -0.870. The highest BCUT2D eigenvalue weighted by molar-refractivity contribution is 7.12. The Morgan fingerprint density at radius 1 is 1.38 bits per heavy atom. The van der Waals surface area contributed by atoms with Crippen molar-refractivity contribution in [2.75, 3.05) is 6.54 Å². The number of carbonyl (C=O) groups is 1. The molecule has 0 aromatic carbocycles. The van der Waals surface area contributed by atoms with Crippen molar-refractivity contribution in [3.05, 3.63) is 21.9 Å². The van der Waals surface area contributed by atoms with Gasteiger partial charge in [-0.15, -0.1) is 11.3 Å². The Bertz CT molecular complexity index is 503. The zero-order valence-corrected chi connectivity index (χ0v) is 14.9. The fourth-order valence-corrected chi connectivity index (χ4v) is 3.75.